The van der Waals surface area contributed by atoms with Gasteiger partial charge in [-0.1, -0.05) is 17.7 Å². The van der Waals surface area contributed by atoms with Crippen molar-refractivity contribution in [3.8, 4) is 0 Å². The first-order valence-corrected chi connectivity index (χ1v) is 6.75. The highest BCUT2D eigenvalue weighted by Crippen LogP contribution is 2.08. The Balaban J connectivity index is 0. The van der Waals surface area contributed by atoms with Crippen molar-refractivity contribution in [3.63, 3.8) is 0 Å². The lowest BCUT2D eigenvalue weighted by Gasteiger charge is -1.95. The first-order valence-electron chi connectivity index (χ1n) is 5.31. The average molecular weight is 296 g/mol. The number of hydrogen-bond acceptors (Lipinski definition) is 6. The van der Waals surface area contributed by atoms with Crippen molar-refractivity contribution in [2.75, 3.05) is 26.4 Å². The summed E-state index contributed by atoms with van der Waals surface area (Å²) in [5.41, 5.74) is 0.956. The monoisotopic (exact) mass is 296 g/mol. The van der Waals surface area contributed by atoms with Gasteiger partial charge in [-0.15, -0.1) is 0 Å². The Morgan fingerprint density at radius 3 is 1.37 bits per heavy atom. The third kappa shape index (κ3) is 13.2. The normalized spacial score (nSPS) is 9.79. The van der Waals surface area contributed by atoms with Gasteiger partial charge in [0.15, 0.2) is 0 Å². The average Bonchev–Trinajstić information content (AvgIpc) is 2.39. The summed E-state index contributed by atoms with van der Waals surface area (Å²) in [7, 11) is -4.02. The van der Waals surface area contributed by atoms with E-state index >= 15 is 0 Å². The van der Waals surface area contributed by atoms with E-state index in [0.29, 0.717) is 0 Å². The maximum absolute atomic E-state index is 10.5. The standard InChI is InChI=1S/C7H8O3S.2C2H6O2/c1-6-2-4-7(5-3-6)11(8,9)10;2*3-1-2-4/h2-5H,1H3,(H,8,9,10);2*3-4H,1-2H2. The van der Waals surface area contributed by atoms with Crippen LogP contribution in [0, 0.1) is 6.92 Å². The van der Waals surface area contributed by atoms with Crippen molar-refractivity contribution in [1.82, 2.24) is 0 Å². The van der Waals surface area contributed by atoms with Gasteiger partial charge in [-0.3, -0.25) is 4.55 Å². The quantitative estimate of drug-likeness (QED) is 0.460. The van der Waals surface area contributed by atoms with Crippen LogP contribution in [0.2, 0.25) is 0 Å². The number of aliphatic hydroxyl groups is 4. The van der Waals surface area contributed by atoms with Crippen molar-refractivity contribution < 1.29 is 33.4 Å². The predicted octanol–water partition coefficient (Wildman–Crippen LogP) is -0.816. The van der Waals surface area contributed by atoms with Gasteiger partial charge >= 0.3 is 0 Å². The summed E-state index contributed by atoms with van der Waals surface area (Å²) in [6, 6.07) is 5.99. The van der Waals surface area contributed by atoms with Crippen LogP contribution < -0.4 is 0 Å². The molecule has 0 saturated heterocycles. The summed E-state index contributed by atoms with van der Waals surface area (Å²) in [6.45, 7) is 1.34. The molecule has 0 fully saturated rings. The van der Waals surface area contributed by atoms with Gasteiger partial charge in [-0.05, 0) is 19.1 Å². The van der Waals surface area contributed by atoms with E-state index in [9.17, 15) is 8.42 Å². The number of benzene rings is 1. The summed E-state index contributed by atoms with van der Waals surface area (Å²) in [4.78, 5) is -0.0666. The summed E-state index contributed by atoms with van der Waals surface area (Å²) in [5.74, 6) is 0. The summed E-state index contributed by atoms with van der Waals surface area (Å²) < 4.78 is 29.6. The van der Waals surface area contributed by atoms with E-state index in [0.717, 1.165) is 5.56 Å². The SMILES string of the molecule is Cc1ccc(S(=O)(=O)O)cc1.OCCO.OCCO. The fraction of sp³-hybridized carbons (Fsp3) is 0.455. The summed E-state index contributed by atoms with van der Waals surface area (Å²) >= 11 is 0. The molecule has 0 aliphatic carbocycles. The zero-order chi connectivity index (χ0) is 15.3. The van der Waals surface area contributed by atoms with E-state index in [1.165, 1.54) is 12.1 Å². The fourth-order valence-electron chi connectivity index (χ4n) is 0.710. The lowest BCUT2D eigenvalue weighted by molar-refractivity contribution is 0.186. The van der Waals surface area contributed by atoms with Crippen LogP contribution in [0.1, 0.15) is 5.56 Å². The third-order valence-electron chi connectivity index (χ3n) is 1.52. The molecule has 0 amide bonds. The van der Waals surface area contributed by atoms with Gasteiger partial charge < -0.3 is 20.4 Å². The summed E-state index contributed by atoms with van der Waals surface area (Å²) in [5, 5.41) is 30.5. The first-order chi connectivity index (χ1) is 8.83. The van der Waals surface area contributed by atoms with Crippen molar-refractivity contribution in [1.29, 1.82) is 0 Å². The minimum absolute atomic E-state index is 0.0666. The number of rotatable bonds is 3. The van der Waals surface area contributed by atoms with E-state index in [4.69, 9.17) is 25.0 Å². The van der Waals surface area contributed by atoms with E-state index in [-0.39, 0.29) is 31.3 Å². The largest absolute Gasteiger partial charge is 0.394 e. The van der Waals surface area contributed by atoms with Gasteiger partial charge in [0.1, 0.15) is 0 Å². The molecule has 0 unspecified atom stereocenters. The van der Waals surface area contributed by atoms with Crippen LogP contribution in [0.3, 0.4) is 0 Å². The molecule has 19 heavy (non-hydrogen) atoms. The Morgan fingerprint density at radius 1 is 0.842 bits per heavy atom. The Morgan fingerprint density at radius 2 is 1.16 bits per heavy atom. The van der Waals surface area contributed by atoms with Gasteiger partial charge in [-0.2, -0.15) is 8.42 Å². The molecule has 0 radical (unpaired) electrons. The second-order valence-corrected chi connectivity index (χ2v) is 4.60. The molecule has 0 bridgehead atoms. The van der Waals surface area contributed by atoms with Gasteiger partial charge in [0.25, 0.3) is 10.1 Å². The van der Waals surface area contributed by atoms with Crippen LogP contribution in [0.25, 0.3) is 0 Å². The molecule has 0 atom stereocenters. The topological polar surface area (TPSA) is 135 Å². The van der Waals surface area contributed by atoms with Crippen molar-refractivity contribution in [2.24, 2.45) is 0 Å². The molecule has 0 aromatic heterocycles. The van der Waals surface area contributed by atoms with Gasteiger partial charge in [0.2, 0.25) is 0 Å². The maximum Gasteiger partial charge on any atom is 0.294 e. The van der Waals surface area contributed by atoms with Gasteiger partial charge in [-0.25, -0.2) is 0 Å². The smallest absolute Gasteiger partial charge is 0.294 e. The molecule has 112 valence electrons. The van der Waals surface area contributed by atoms with Crippen LogP contribution in [-0.2, 0) is 10.1 Å². The van der Waals surface area contributed by atoms with Crippen LogP contribution in [0.4, 0.5) is 0 Å². The second-order valence-electron chi connectivity index (χ2n) is 3.18. The van der Waals surface area contributed by atoms with Gasteiger partial charge in [0, 0.05) is 0 Å². The Kier molecular flexibility index (Phi) is 12.8. The van der Waals surface area contributed by atoms with Gasteiger partial charge in [0.05, 0.1) is 31.3 Å². The number of aryl methyl sites for hydroxylation is 1. The molecule has 0 aliphatic rings. The zero-order valence-corrected chi connectivity index (χ0v) is 11.4. The minimum Gasteiger partial charge on any atom is -0.394 e. The molecule has 8 heteroatoms. The molecule has 0 aliphatic heterocycles. The molecular weight excluding hydrogens is 276 g/mol. The van der Waals surface area contributed by atoms with Crippen molar-refractivity contribution >= 4 is 10.1 Å². The minimum atomic E-state index is -4.02. The molecule has 1 aromatic rings. The van der Waals surface area contributed by atoms with E-state index in [1.54, 1.807) is 12.1 Å². The molecule has 1 aromatic carbocycles. The molecular formula is C11H20O7S. The Bertz CT molecular complexity index is 392. The molecule has 5 N–H and O–H groups in total. The Hall–Kier alpha value is -1.03. The number of aliphatic hydroxyl groups excluding tert-OH is 4. The first kappa shape index (κ1) is 20.3. The number of hydrogen-bond donors (Lipinski definition) is 5. The molecule has 0 heterocycles. The van der Waals surface area contributed by atoms with Crippen LogP contribution in [-0.4, -0.2) is 59.8 Å². The van der Waals surface area contributed by atoms with E-state index in [2.05, 4.69) is 0 Å². The Labute approximate surface area is 112 Å². The lowest BCUT2D eigenvalue weighted by Crippen LogP contribution is -1.96. The fourth-order valence-corrected chi connectivity index (χ4v) is 1.19. The van der Waals surface area contributed by atoms with Crippen LogP contribution in [0.5, 0.6) is 0 Å². The van der Waals surface area contributed by atoms with Crippen molar-refractivity contribution in [3.05, 3.63) is 29.8 Å². The predicted molar refractivity (Wildman–Crippen MR) is 69.3 cm³/mol. The van der Waals surface area contributed by atoms with Crippen LogP contribution in [0.15, 0.2) is 29.2 Å². The second kappa shape index (κ2) is 12.0. The van der Waals surface area contributed by atoms with Crippen LogP contribution >= 0.6 is 0 Å². The molecule has 0 saturated carbocycles. The van der Waals surface area contributed by atoms with Crippen molar-refractivity contribution in [2.45, 2.75) is 11.8 Å². The molecule has 7 nitrogen and oxygen atoms in total. The third-order valence-corrected chi connectivity index (χ3v) is 2.39. The zero-order valence-electron chi connectivity index (χ0n) is 10.6. The highest BCUT2D eigenvalue weighted by atomic mass is 32.2. The summed E-state index contributed by atoms with van der Waals surface area (Å²) in [6.07, 6.45) is 0. The lowest BCUT2D eigenvalue weighted by atomic mass is 10.2. The maximum atomic E-state index is 10.5. The highest BCUT2D eigenvalue weighted by molar-refractivity contribution is 7.85. The molecule has 0 spiro atoms. The highest BCUT2D eigenvalue weighted by Gasteiger charge is 2.06. The molecule has 1 rings (SSSR count). The van der Waals surface area contributed by atoms with E-state index < -0.39 is 10.1 Å². The van der Waals surface area contributed by atoms with E-state index in [1.807, 2.05) is 6.92 Å².